The van der Waals surface area contributed by atoms with Crippen LogP contribution in [0.2, 0.25) is 11.6 Å². The summed E-state index contributed by atoms with van der Waals surface area (Å²) in [5.41, 5.74) is 0. The smallest absolute Gasteiger partial charge is 0.114 e. The average molecular weight is 230 g/mol. The molecule has 0 radical (unpaired) electrons. The molecule has 0 atom stereocenters. The van der Waals surface area contributed by atoms with Gasteiger partial charge in [-0.25, -0.2) is 0 Å². The molecule has 0 aliphatic heterocycles. The molecule has 0 saturated heterocycles. The van der Waals surface area contributed by atoms with Gasteiger partial charge in [-0.1, -0.05) is 94.6 Å². The first-order valence-corrected chi connectivity index (χ1v) is 7.71. The highest BCUT2D eigenvalue weighted by Crippen LogP contribution is 2.41. The van der Waals surface area contributed by atoms with Crippen molar-refractivity contribution >= 4 is 6.71 Å². The highest BCUT2D eigenvalue weighted by Gasteiger charge is 2.32. The highest BCUT2D eigenvalue weighted by molar-refractivity contribution is 6.67. The van der Waals surface area contributed by atoms with Gasteiger partial charge in [-0.15, -0.1) is 5.98 Å². The quantitative estimate of drug-likeness (QED) is 0.446. The maximum atomic E-state index is 3.84. The van der Waals surface area contributed by atoms with Crippen molar-refractivity contribution in [3.63, 3.8) is 0 Å². The Morgan fingerprint density at radius 2 is 1.24 bits per heavy atom. The zero-order valence-corrected chi connectivity index (χ0v) is 11.2. The fourth-order valence-corrected chi connectivity index (χ4v) is 3.94. The van der Waals surface area contributed by atoms with Crippen molar-refractivity contribution in [2.75, 3.05) is 0 Å². The number of hydrogen-bond acceptors (Lipinski definition) is 0. The van der Waals surface area contributed by atoms with Gasteiger partial charge in [0.2, 0.25) is 0 Å². The lowest BCUT2D eigenvalue weighted by Crippen LogP contribution is -2.28. The van der Waals surface area contributed by atoms with Gasteiger partial charge in [0.25, 0.3) is 0 Å². The van der Waals surface area contributed by atoms with Crippen LogP contribution in [0.25, 0.3) is 0 Å². The number of rotatable bonds is 4. The fraction of sp³-hybridized carbons (Fsp3) is 0.750. The van der Waals surface area contributed by atoms with Gasteiger partial charge in [-0.3, -0.25) is 0 Å². The van der Waals surface area contributed by atoms with Gasteiger partial charge in [0.1, 0.15) is 0 Å². The maximum Gasteiger partial charge on any atom is 0.172 e. The van der Waals surface area contributed by atoms with Crippen molar-refractivity contribution < 1.29 is 0 Å². The molecule has 0 spiro atoms. The lowest BCUT2D eigenvalue weighted by Gasteiger charge is -2.34. The van der Waals surface area contributed by atoms with Gasteiger partial charge in [0, 0.05) is 0 Å². The van der Waals surface area contributed by atoms with Gasteiger partial charge in [0.05, 0.1) is 0 Å². The van der Waals surface area contributed by atoms with Crippen LogP contribution in [0, 0.1) is 0 Å². The molecule has 2 fully saturated rings. The van der Waals surface area contributed by atoms with Crippen LogP contribution in [0.15, 0.2) is 24.7 Å². The van der Waals surface area contributed by atoms with Crippen LogP contribution < -0.4 is 0 Å². The zero-order chi connectivity index (χ0) is 11.9. The molecule has 94 valence electrons. The summed E-state index contributed by atoms with van der Waals surface area (Å²) in [6.07, 6.45) is 18.9. The lowest BCUT2D eigenvalue weighted by atomic mass is 9.30. The van der Waals surface area contributed by atoms with E-state index in [9.17, 15) is 0 Å². The predicted molar refractivity (Wildman–Crippen MR) is 78.8 cm³/mol. The molecular weight excluding hydrogens is 203 g/mol. The number of hydrogen-bond donors (Lipinski definition) is 0. The van der Waals surface area contributed by atoms with Crippen LogP contribution in [-0.4, -0.2) is 6.71 Å². The van der Waals surface area contributed by atoms with E-state index in [1.807, 2.05) is 6.08 Å². The number of allylic oxidation sites excluding steroid dienone is 2. The predicted octanol–water partition coefficient (Wildman–Crippen LogP) is 5.43. The summed E-state index contributed by atoms with van der Waals surface area (Å²) < 4.78 is 0. The molecule has 1 heteroatoms. The Kier molecular flexibility index (Phi) is 5.41. The van der Waals surface area contributed by atoms with Gasteiger partial charge in [0.15, 0.2) is 6.71 Å². The molecule has 0 nitrogen and oxygen atoms in total. The first kappa shape index (κ1) is 13.0. The van der Waals surface area contributed by atoms with E-state index < -0.39 is 0 Å². The summed E-state index contributed by atoms with van der Waals surface area (Å²) in [5.74, 6) is 4.44. The summed E-state index contributed by atoms with van der Waals surface area (Å²) in [5, 5.41) is 0. The van der Waals surface area contributed by atoms with E-state index in [0.717, 1.165) is 18.3 Å². The Morgan fingerprint density at radius 1 is 0.765 bits per heavy atom. The van der Waals surface area contributed by atoms with Crippen molar-refractivity contribution in [1.29, 1.82) is 0 Å². The Bertz CT molecular complexity index is 226. The molecule has 0 amide bonds. The molecule has 0 N–H and O–H groups in total. The average Bonchev–Trinajstić information content (AvgIpc) is 2.42. The third-order valence-electron chi connectivity index (χ3n) is 4.86. The van der Waals surface area contributed by atoms with E-state index >= 15 is 0 Å². The van der Waals surface area contributed by atoms with E-state index in [2.05, 4.69) is 18.6 Å². The Balaban J connectivity index is 1.99. The molecule has 0 aromatic rings. The Labute approximate surface area is 108 Å². The maximum absolute atomic E-state index is 3.84. The van der Waals surface area contributed by atoms with Crippen LogP contribution >= 0.6 is 0 Å². The molecule has 2 aliphatic rings. The van der Waals surface area contributed by atoms with Crippen LogP contribution in [0.5, 0.6) is 0 Å². The molecule has 17 heavy (non-hydrogen) atoms. The van der Waals surface area contributed by atoms with Gasteiger partial charge >= 0.3 is 0 Å². The summed E-state index contributed by atoms with van der Waals surface area (Å²) in [6.45, 7) is 4.69. The van der Waals surface area contributed by atoms with Gasteiger partial charge in [-0.05, 0) is 0 Å². The fourth-order valence-electron chi connectivity index (χ4n) is 3.94. The standard InChI is InChI=1S/C16H27B/c1-2-3-14-17(15-10-6-4-7-11-15)16-12-8-5-9-13-16/h2-3,14-16H,1,4-13H2/b14-3+. The van der Waals surface area contributed by atoms with Crippen molar-refractivity contribution in [2.24, 2.45) is 0 Å². The van der Waals surface area contributed by atoms with Crippen LogP contribution in [0.1, 0.15) is 64.2 Å². The van der Waals surface area contributed by atoms with Crippen molar-refractivity contribution in [1.82, 2.24) is 0 Å². The summed E-state index contributed by atoms with van der Waals surface area (Å²) in [4.78, 5) is 0. The largest absolute Gasteiger partial charge is 0.172 e. The van der Waals surface area contributed by atoms with Crippen molar-refractivity contribution in [2.45, 2.75) is 75.8 Å². The van der Waals surface area contributed by atoms with Crippen molar-refractivity contribution in [3.05, 3.63) is 24.7 Å². The lowest BCUT2D eigenvalue weighted by molar-refractivity contribution is 0.464. The molecule has 0 heterocycles. The minimum Gasteiger partial charge on any atom is -0.114 e. The van der Waals surface area contributed by atoms with Gasteiger partial charge < -0.3 is 0 Å². The van der Waals surface area contributed by atoms with E-state index in [0.29, 0.717) is 0 Å². The molecule has 2 rings (SSSR count). The van der Waals surface area contributed by atoms with E-state index in [4.69, 9.17) is 0 Å². The summed E-state index contributed by atoms with van der Waals surface area (Å²) >= 11 is 0. The first-order valence-electron chi connectivity index (χ1n) is 7.71. The van der Waals surface area contributed by atoms with Crippen LogP contribution in [0.3, 0.4) is 0 Å². The Hall–Kier alpha value is -0.455. The molecule has 0 unspecified atom stereocenters. The topological polar surface area (TPSA) is 0 Å². The zero-order valence-electron chi connectivity index (χ0n) is 11.2. The molecular formula is C16H27B. The third kappa shape index (κ3) is 3.76. The molecule has 0 aromatic carbocycles. The molecule has 0 bridgehead atoms. The summed E-state index contributed by atoms with van der Waals surface area (Å²) in [6, 6.07) is 0. The normalized spacial score (nSPS) is 24.0. The minimum absolute atomic E-state index is 0.855. The van der Waals surface area contributed by atoms with E-state index in [1.54, 1.807) is 0 Å². The molecule has 2 aliphatic carbocycles. The second-order valence-electron chi connectivity index (χ2n) is 5.99. The highest BCUT2D eigenvalue weighted by atomic mass is 14.2. The monoisotopic (exact) mass is 230 g/mol. The van der Waals surface area contributed by atoms with E-state index in [-0.39, 0.29) is 0 Å². The van der Waals surface area contributed by atoms with Crippen LogP contribution in [-0.2, 0) is 0 Å². The first-order chi connectivity index (χ1) is 8.42. The van der Waals surface area contributed by atoms with Gasteiger partial charge in [-0.2, -0.15) is 0 Å². The second kappa shape index (κ2) is 7.08. The SMILES string of the molecule is C=C/C=C/B(C1CCCCC1)C1CCCCC1. The minimum atomic E-state index is 0.855. The molecule has 2 saturated carbocycles. The summed E-state index contributed by atoms with van der Waals surface area (Å²) in [7, 11) is 0. The molecule has 0 aromatic heterocycles. The van der Waals surface area contributed by atoms with Crippen LogP contribution in [0.4, 0.5) is 0 Å². The van der Waals surface area contributed by atoms with E-state index in [1.165, 1.54) is 64.2 Å². The van der Waals surface area contributed by atoms with Crippen molar-refractivity contribution in [3.8, 4) is 0 Å². The second-order valence-corrected chi connectivity index (χ2v) is 5.99. The third-order valence-corrected chi connectivity index (χ3v) is 4.86. The Morgan fingerprint density at radius 3 is 1.65 bits per heavy atom.